The minimum absolute atomic E-state index is 0.161. The summed E-state index contributed by atoms with van der Waals surface area (Å²) in [5, 5.41) is 1.26. The van der Waals surface area contributed by atoms with Crippen LogP contribution in [0.25, 0.3) is 10.9 Å². The van der Waals surface area contributed by atoms with Crippen molar-refractivity contribution in [2.45, 2.75) is 13.5 Å². The normalized spacial score (nSPS) is 15.5. The predicted octanol–water partition coefficient (Wildman–Crippen LogP) is 3.57. The summed E-state index contributed by atoms with van der Waals surface area (Å²) in [4.78, 5) is 20.1. The lowest BCUT2D eigenvalue weighted by Gasteiger charge is -2.35. The van der Waals surface area contributed by atoms with Crippen LogP contribution < -0.4 is 0 Å². The highest BCUT2D eigenvalue weighted by Crippen LogP contribution is 2.24. The first kappa shape index (κ1) is 16.8. The van der Waals surface area contributed by atoms with Crippen molar-refractivity contribution in [3.8, 4) is 0 Å². The molecule has 1 saturated heterocycles. The summed E-state index contributed by atoms with van der Waals surface area (Å²) in [5.41, 5.74) is 3.83. The van der Waals surface area contributed by atoms with E-state index in [-0.39, 0.29) is 11.5 Å². The molecular formula is C21H22FN3O. The fraction of sp³-hybridized carbons (Fsp3) is 0.286. The smallest absolute Gasteiger partial charge is 0.256 e. The van der Waals surface area contributed by atoms with E-state index in [9.17, 15) is 9.18 Å². The van der Waals surface area contributed by atoms with Crippen molar-refractivity contribution in [2.24, 2.45) is 0 Å². The summed E-state index contributed by atoms with van der Waals surface area (Å²) in [6.07, 6.45) is 0. The molecule has 5 heteroatoms. The predicted molar refractivity (Wildman–Crippen MR) is 101 cm³/mol. The second kappa shape index (κ2) is 6.92. The number of para-hydroxylation sites is 1. The van der Waals surface area contributed by atoms with E-state index < -0.39 is 5.82 Å². The lowest BCUT2D eigenvalue weighted by atomic mass is 10.1. The van der Waals surface area contributed by atoms with Crippen LogP contribution in [0.4, 0.5) is 4.39 Å². The first-order valence-corrected chi connectivity index (χ1v) is 8.96. The highest BCUT2D eigenvalue weighted by Gasteiger charge is 2.24. The minimum Gasteiger partial charge on any atom is -0.358 e. The molecule has 134 valence electrons. The Kier molecular flexibility index (Phi) is 4.47. The number of aromatic nitrogens is 1. The Bertz CT molecular complexity index is 941. The number of aromatic amines is 1. The molecule has 0 unspecified atom stereocenters. The zero-order chi connectivity index (χ0) is 18.1. The summed E-state index contributed by atoms with van der Waals surface area (Å²) in [5.74, 6) is -0.666. The molecule has 3 aromatic rings. The number of carbonyl (C=O) groups is 1. The summed E-state index contributed by atoms with van der Waals surface area (Å²) < 4.78 is 13.9. The number of rotatable bonds is 3. The number of carbonyl (C=O) groups excluding carboxylic acids is 1. The van der Waals surface area contributed by atoms with Crippen LogP contribution in [0.3, 0.4) is 0 Å². The molecule has 0 atom stereocenters. The fourth-order valence-electron chi connectivity index (χ4n) is 3.68. The van der Waals surface area contributed by atoms with Crippen LogP contribution in [0.5, 0.6) is 0 Å². The SMILES string of the molecule is Cc1[nH]c2ccccc2c1CN1CCN(C(=O)c2ccccc2F)CC1. The first-order valence-electron chi connectivity index (χ1n) is 8.96. The lowest BCUT2D eigenvalue weighted by Crippen LogP contribution is -2.48. The van der Waals surface area contributed by atoms with Gasteiger partial charge >= 0.3 is 0 Å². The van der Waals surface area contributed by atoms with Gasteiger partial charge in [0.1, 0.15) is 5.82 Å². The van der Waals surface area contributed by atoms with Gasteiger partial charge in [0.2, 0.25) is 0 Å². The van der Waals surface area contributed by atoms with Gasteiger partial charge < -0.3 is 9.88 Å². The molecule has 4 nitrogen and oxygen atoms in total. The molecule has 0 radical (unpaired) electrons. The summed E-state index contributed by atoms with van der Waals surface area (Å²) in [6.45, 7) is 5.78. The van der Waals surface area contributed by atoms with Gasteiger partial charge in [0.25, 0.3) is 5.91 Å². The molecule has 0 aliphatic carbocycles. The molecule has 26 heavy (non-hydrogen) atoms. The summed E-state index contributed by atoms with van der Waals surface area (Å²) in [7, 11) is 0. The third-order valence-electron chi connectivity index (χ3n) is 5.17. The van der Waals surface area contributed by atoms with Crippen molar-refractivity contribution in [3.63, 3.8) is 0 Å². The maximum absolute atomic E-state index is 13.9. The van der Waals surface area contributed by atoms with Gasteiger partial charge in [-0.2, -0.15) is 0 Å². The van der Waals surface area contributed by atoms with E-state index in [4.69, 9.17) is 0 Å². The number of hydrogen-bond donors (Lipinski definition) is 1. The number of nitrogens with one attached hydrogen (secondary N) is 1. The Balaban J connectivity index is 1.43. The molecule has 0 spiro atoms. The number of aryl methyl sites for hydroxylation is 1. The molecule has 2 aromatic carbocycles. The Morgan fingerprint density at radius 3 is 2.50 bits per heavy atom. The first-order chi connectivity index (χ1) is 12.6. The molecule has 1 aliphatic rings. The van der Waals surface area contributed by atoms with Gasteiger partial charge in [-0.3, -0.25) is 9.69 Å². The van der Waals surface area contributed by atoms with Crippen LogP contribution in [0.1, 0.15) is 21.6 Å². The van der Waals surface area contributed by atoms with Gasteiger partial charge in [-0.25, -0.2) is 4.39 Å². The molecule has 4 rings (SSSR count). The van der Waals surface area contributed by atoms with Crippen molar-refractivity contribution < 1.29 is 9.18 Å². The molecule has 2 heterocycles. The van der Waals surface area contributed by atoms with Crippen molar-refractivity contribution in [1.29, 1.82) is 0 Å². The number of piperazine rings is 1. The molecule has 1 fully saturated rings. The van der Waals surface area contributed by atoms with Gasteiger partial charge in [0.15, 0.2) is 0 Å². The van der Waals surface area contributed by atoms with Crippen molar-refractivity contribution >= 4 is 16.8 Å². The highest BCUT2D eigenvalue weighted by atomic mass is 19.1. The Hall–Kier alpha value is -2.66. The average molecular weight is 351 g/mol. The third kappa shape index (κ3) is 3.10. The van der Waals surface area contributed by atoms with Gasteiger partial charge in [-0.1, -0.05) is 30.3 Å². The summed E-state index contributed by atoms with van der Waals surface area (Å²) in [6, 6.07) is 14.5. The van der Waals surface area contributed by atoms with Gasteiger partial charge in [-0.05, 0) is 30.7 Å². The Morgan fingerprint density at radius 1 is 1.04 bits per heavy atom. The second-order valence-corrected chi connectivity index (χ2v) is 6.82. The number of fused-ring (bicyclic) bond motifs is 1. The van der Waals surface area contributed by atoms with Crippen LogP contribution in [0.15, 0.2) is 48.5 Å². The van der Waals surface area contributed by atoms with Gasteiger partial charge in [-0.15, -0.1) is 0 Å². The number of benzene rings is 2. The molecule has 1 aliphatic heterocycles. The van der Waals surface area contributed by atoms with E-state index in [1.54, 1.807) is 23.1 Å². The number of nitrogens with zero attached hydrogens (tertiary/aromatic N) is 2. The number of halogens is 1. The Morgan fingerprint density at radius 2 is 1.73 bits per heavy atom. The van der Waals surface area contributed by atoms with E-state index in [1.165, 1.54) is 22.7 Å². The van der Waals surface area contributed by atoms with Crippen molar-refractivity contribution in [2.75, 3.05) is 26.2 Å². The minimum atomic E-state index is -0.450. The van der Waals surface area contributed by atoms with Crippen molar-refractivity contribution in [1.82, 2.24) is 14.8 Å². The Labute approximate surface area is 152 Å². The van der Waals surface area contributed by atoms with Crippen molar-refractivity contribution in [3.05, 3.63) is 71.2 Å². The lowest BCUT2D eigenvalue weighted by molar-refractivity contribution is 0.0624. The van der Waals surface area contributed by atoms with Crippen LogP contribution >= 0.6 is 0 Å². The number of amides is 1. The second-order valence-electron chi connectivity index (χ2n) is 6.82. The molecule has 0 bridgehead atoms. The van der Waals surface area contributed by atoms with Crippen LogP contribution in [-0.2, 0) is 6.54 Å². The molecule has 1 N–H and O–H groups in total. The topological polar surface area (TPSA) is 39.3 Å². The van der Waals surface area contributed by atoms with E-state index in [0.29, 0.717) is 13.1 Å². The van der Waals surface area contributed by atoms with E-state index in [2.05, 4.69) is 35.0 Å². The standard InChI is InChI=1S/C21H22FN3O/c1-15-18(16-6-3-5-9-20(16)23-15)14-24-10-12-25(13-11-24)21(26)17-7-2-4-8-19(17)22/h2-9,23H,10-14H2,1H3. The molecular weight excluding hydrogens is 329 g/mol. The van der Waals surface area contributed by atoms with Crippen LogP contribution in [0, 0.1) is 12.7 Å². The maximum Gasteiger partial charge on any atom is 0.256 e. The molecule has 0 saturated carbocycles. The zero-order valence-corrected chi connectivity index (χ0v) is 14.8. The van der Waals surface area contributed by atoms with Gasteiger partial charge in [0.05, 0.1) is 5.56 Å². The highest BCUT2D eigenvalue weighted by molar-refractivity contribution is 5.94. The quantitative estimate of drug-likeness (QED) is 0.783. The maximum atomic E-state index is 13.9. The van der Waals surface area contributed by atoms with E-state index in [1.807, 2.05) is 6.07 Å². The molecule has 1 amide bonds. The molecule has 1 aromatic heterocycles. The third-order valence-corrected chi connectivity index (χ3v) is 5.17. The summed E-state index contributed by atoms with van der Waals surface area (Å²) >= 11 is 0. The number of H-pyrrole nitrogens is 1. The van der Waals surface area contributed by atoms with Gasteiger partial charge in [0, 0.05) is 49.3 Å². The average Bonchev–Trinajstić information content (AvgIpc) is 2.98. The number of hydrogen-bond acceptors (Lipinski definition) is 2. The fourth-order valence-corrected chi connectivity index (χ4v) is 3.68. The van der Waals surface area contributed by atoms with E-state index in [0.717, 1.165) is 25.2 Å². The van der Waals surface area contributed by atoms with Crippen LogP contribution in [0.2, 0.25) is 0 Å². The van der Waals surface area contributed by atoms with Crippen LogP contribution in [-0.4, -0.2) is 46.9 Å². The monoisotopic (exact) mass is 351 g/mol. The largest absolute Gasteiger partial charge is 0.358 e. The zero-order valence-electron chi connectivity index (χ0n) is 14.8. The van der Waals surface area contributed by atoms with E-state index >= 15 is 0 Å².